The minimum atomic E-state index is -0.754. The first-order valence-corrected chi connectivity index (χ1v) is 5.05. The third-order valence-electron chi connectivity index (χ3n) is 2.28. The van der Waals surface area contributed by atoms with Gasteiger partial charge in [-0.05, 0) is 23.8 Å². The van der Waals surface area contributed by atoms with Gasteiger partial charge < -0.3 is 14.6 Å². The molecule has 0 saturated heterocycles. The molecule has 2 N–H and O–H groups in total. The SMILES string of the molecule is O=c1ccoc(/C=C/c2ccc(O)c(F)c2)c1O. The van der Waals surface area contributed by atoms with Crippen LogP contribution < -0.4 is 5.43 Å². The zero-order valence-corrected chi connectivity index (χ0v) is 9.13. The van der Waals surface area contributed by atoms with Gasteiger partial charge in [0.05, 0.1) is 6.26 Å². The van der Waals surface area contributed by atoms with Crippen LogP contribution in [0.15, 0.2) is 39.7 Å². The summed E-state index contributed by atoms with van der Waals surface area (Å²) in [6, 6.07) is 4.89. The van der Waals surface area contributed by atoms with Crippen LogP contribution in [0.4, 0.5) is 4.39 Å². The van der Waals surface area contributed by atoms with Gasteiger partial charge in [0.2, 0.25) is 11.2 Å². The first kappa shape index (κ1) is 11.9. The van der Waals surface area contributed by atoms with E-state index in [-0.39, 0.29) is 5.76 Å². The van der Waals surface area contributed by atoms with E-state index in [2.05, 4.69) is 0 Å². The van der Waals surface area contributed by atoms with Crippen LogP contribution in [0.5, 0.6) is 11.5 Å². The van der Waals surface area contributed by atoms with E-state index >= 15 is 0 Å². The fraction of sp³-hybridized carbons (Fsp3) is 0. The highest BCUT2D eigenvalue weighted by atomic mass is 19.1. The third kappa shape index (κ3) is 2.40. The van der Waals surface area contributed by atoms with Gasteiger partial charge in [-0.15, -0.1) is 0 Å². The average Bonchev–Trinajstić information content (AvgIpc) is 2.35. The quantitative estimate of drug-likeness (QED) is 0.855. The molecular formula is C13H9FO4. The Morgan fingerprint density at radius 3 is 2.67 bits per heavy atom. The molecule has 0 aliphatic heterocycles. The topological polar surface area (TPSA) is 70.7 Å². The summed E-state index contributed by atoms with van der Waals surface area (Å²) in [4.78, 5) is 11.1. The van der Waals surface area contributed by atoms with E-state index in [0.29, 0.717) is 5.56 Å². The second-order valence-electron chi connectivity index (χ2n) is 3.54. The van der Waals surface area contributed by atoms with Gasteiger partial charge in [0, 0.05) is 6.07 Å². The number of rotatable bonds is 2. The van der Waals surface area contributed by atoms with E-state index in [0.717, 1.165) is 18.4 Å². The summed E-state index contributed by atoms with van der Waals surface area (Å²) in [6.07, 6.45) is 3.93. The number of aromatic hydroxyl groups is 2. The lowest BCUT2D eigenvalue weighted by molar-refractivity contribution is 0.424. The van der Waals surface area contributed by atoms with Gasteiger partial charge in [0.25, 0.3) is 0 Å². The zero-order valence-electron chi connectivity index (χ0n) is 9.13. The molecule has 0 amide bonds. The molecule has 2 rings (SSSR count). The first-order valence-electron chi connectivity index (χ1n) is 5.05. The Hall–Kier alpha value is -2.56. The van der Waals surface area contributed by atoms with Gasteiger partial charge >= 0.3 is 0 Å². The predicted molar refractivity (Wildman–Crippen MR) is 63.6 cm³/mol. The van der Waals surface area contributed by atoms with Crippen LogP contribution in [-0.4, -0.2) is 10.2 Å². The van der Waals surface area contributed by atoms with Gasteiger partial charge in [-0.1, -0.05) is 12.1 Å². The highest BCUT2D eigenvalue weighted by Crippen LogP contribution is 2.19. The summed E-state index contributed by atoms with van der Waals surface area (Å²) < 4.78 is 18.0. The minimum absolute atomic E-state index is 0.0176. The largest absolute Gasteiger partial charge is 0.505 e. The molecule has 1 aromatic carbocycles. The summed E-state index contributed by atoms with van der Waals surface area (Å²) in [6.45, 7) is 0. The first-order chi connectivity index (χ1) is 8.58. The fourth-order valence-corrected chi connectivity index (χ4v) is 1.34. The van der Waals surface area contributed by atoms with Crippen molar-refractivity contribution >= 4 is 12.2 Å². The Kier molecular flexibility index (Phi) is 3.14. The molecule has 18 heavy (non-hydrogen) atoms. The molecule has 0 atom stereocenters. The van der Waals surface area contributed by atoms with Crippen molar-refractivity contribution in [2.45, 2.75) is 0 Å². The van der Waals surface area contributed by atoms with Crippen LogP contribution in [-0.2, 0) is 0 Å². The Morgan fingerprint density at radius 1 is 1.17 bits per heavy atom. The van der Waals surface area contributed by atoms with Crippen LogP contribution in [0.1, 0.15) is 11.3 Å². The number of halogens is 1. The van der Waals surface area contributed by atoms with E-state index in [4.69, 9.17) is 9.52 Å². The van der Waals surface area contributed by atoms with Crippen LogP contribution in [0, 0.1) is 5.82 Å². The van der Waals surface area contributed by atoms with Crippen LogP contribution >= 0.6 is 0 Å². The van der Waals surface area contributed by atoms with Gasteiger partial charge in [-0.2, -0.15) is 0 Å². The van der Waals surface area contributed by atoms with Crippen molar-refractivity contribution in [2.24, 2.45) is 0 Å². The molecule has 5 heteroatoms. The zero-order chi connectivity index (χ0) is 13.1. The van der Waals surface area contributed by atoms with Gasteiger partial charge in [0.1, 0.15) is 0 Å². The van der Waals surface area contributed by atoms with Crippen LogP contribution in [0.3, 0.4) is 0 Å². The molecule has 0 unspecified atom stereocenters. The lowest BCUT2D eigenvalue weighted by Gasteiger charge is -1.98. The summed E-state index contributed by atoms with van der Waals surface area (Å²) >= 11 is 0. The fourth-order valence-electron chi connectivity index (χ4n) is 1.34. The maximum absolute atomic E-state index is 13.0. The molecule has 2 aromatic rings. The Morgan fingerprint density at radius 2 is 1.94 bits per heavy atom. The van der Waals surface area contributed by atoms with Crippen LogP contribution in [0.2, 0.25) is 0 Å². The summed E-state index contributed by atoms with van der Waals surface area (Å²) in [5, 5.41) is 18.4. The molecule has 4 nitrogen and oxygen atoms in total. The second-order valence-corrected chi connectivity index (χ2v) is 3.54. The highest BCUT2D eigenvalue weighted by molar-refractivity contribution is 5.69. The van der Waals surface area contributed by atoms with Crippen molar-refractivity contribution in [3.05, 3.63) is 57.9 Å². The van der Waals surface area contributed by atoms with Crippen molar-refractivity contribution < 1.29 is 19.0 Å². The Balaban J connectivity index is 2.33. The van der Waals surface area contributed by atoms with Crippen molar-refractivity contribution in [1.82, 2.24) is 0 Å². The van der Waals surface area contributed by atoms with Crippen molar-refractivity contribution in [3.63, 3.8) is 0 Å². The average molecular weight is 248 g/mol. The number of phenolic OH excluding ortho intramolecular Hbond substituents is 1. The van der Waals surface area contributed by atoms with Crippen molar-refractivity contribution in [2.75, 3.05) is 0 Å². The van der Waals surface area contributed by atoms with E-state index in [1.807, 2.05) is 0 Å². The van der Waals surface area contributed by atoms with Crippen LogP contribution in [0.25, 0.3) is 12.2 Å². The molecule has 92 valence electrons. The van der Waals surface area contributed by atoms with E-state index in [1.54, 1.807) is 0 Å². The lowest BCUT2D eigenvalue weighted by atomic mass is 10.2. The summed E-state index contributed by atoms with van der Waals surface area (Å²) in [5.41, 5.74) is -0.103. The molecule has 0 spiro atoms. The van der Waals surface area contributed by atoms with Crippen molar-refractivity contribution in [3.8, 4) is 11.5 Å². The molecule has 0 bridgehead atoms. The molecule has 0 aliphatic carbocycles. The maximum Gasteiger partial charge on any atom is 0.227 e. The molecule has 0 saturated carbocycles. The number of phenols is 1. The van der Waals surface area contributed by atoms with E-state index in [1.165, 1.54) is 24.3 Å². The molecule has 0 aliphatic rings. The lowest BCUT2D eigenvalue weighted by Crippen LogP contribution is -1.97. The molecular weight excluding hydrogens is 239 g/mol. The van der Waals surface area contributed by atoms with Gasteiger partial charge in [0.15, 0.2) is 17.3 Å². The second kappa shape index (κ2) is 4.75. The van der Waals surface area contributed by atoms with Crippen molar-refractivity contribution in [1.29, 1.82) is 0 Å². The standard InChI is InChI=1S/C13H9FO4/c14-9-7-8(1-3-10(9)15)2-4-12-13(17)11(16)5-6-18-12/h1-7,15,17H/b4-2+. The number of hydrogen-bond acceptors (Lipinski definition) is 4. The summed E-state index contributed by atoms with van der Waals surface area (Å²) in [7, 11) is 0. The van der Waals surface area contributed by atoms with Gasteiger partial charge in [-0.25, -0.2) is 4.39 Å². The molecule has 0 fully saturated rings. The minimum Gasteiger partial charge on any atom is -0.505 e. The third-order valence-corrected chi connectivity index (χ3v) is 2.28. The van der Waals surface area contributed by atoms with E-state index < -0.39 is 22.7 Å². The molecule has 0 radical (unpaired) electrons. The number of hydrogen-bond donors (Lipinski definition) is 2. The maximum atomic E-state index is 13.0. The highest BCUT2D eigenvalue weighted by Gasteiger charge is 2.04. The Labute approximate surface area is 101 Å². The normalized spacial score (nSPS) is 10.9. The van der Waals surface area contributed by atoms with E-state index in [9.17, 15) is 14.3 Å². The molecule has 1 aromatic heterocycles. The predicted octanol–water partition coefficient (Wildman–Crippen LogP) is 2.36. The number of benzene rings is 1. The molecule has 1 heterocycles. The smallest absolute Gasteiger partial charge is 0.227 e. The summed E-state index contributed by atoms with van der Waals surface area (Å²) in [5.74, 6) is -1.72. The monoisotopic (exact) mass is 248 g/mol. The Bertz CT molecular complexity index is 658. The van der Waals surface area contributed by atoms with Gasteiger partial charge in [-0.3, -0.25) is 4.79 Å².